The fraction of sp³-hybridized carbons (Fsp3) is 0.600. The van der Waals surface area contributed by atoms with Crippen molar-refractivity contribution in [2.24, 2.45) is 0 Å². The van der Waals surface area contributed by atoms with E-state index in [1.54, 1.807) is 0 Å². The first-order valence-electron chi connectivity index (χ1n) is 6.77. The van der Waals surface area contributed by atoms with Gasteiger partial charge in [-0.15, -0.1) is 0 Å². The van der Waals surface area contributed by atoms with Crippen molar-refractivity contribution in [1.29, 1.82) is 0 Å². The Balaban J connectivity index is 0.000000771. The third-order valence-corrected chi connectivity index (χ3v) is 2.86. The second-order valence-corrected chi connectivity index (χ2v) is 4.99. The standard InChI is InChI=1S/C13H21N3.C2H6/c1-14-8-12-5-4-6-13(7-12)9-15(2)11-16(3)10-14;1-2/h4-7H,8-11H2,1-3H3;1-2H3. The van der Waals surface area contributed by atoms with Gasteiger partial charge < -0.3 is 0 Å². The quantitative estimate of drug-likeness (QED) is 0.699. The van der Waals surface area contributed by atoms with Gasteiger partial charge in [0.2, 0.25) is 0 Å². The second kappa shape index (κ2) is 7.52. The van der Waals surface area contributed by atoms with Crippen molar-refractivity contribution in [3.63, 3.8) is 0 Å². The van der Waals surface area contributed by atoms with Gasteiger partial charge in [-0.05, 0) is 32.3 Å². The van der Waals surface area contributed by atoms with Crippen LogP contribution in [-0.4, -0.2) is 49.2 Å². The smallest absolute Gasteiger partial charge is 0.0515 e. The molecule has 0 radical (unpaired) electrons. The molecule has 2 bridgehead atoms. The maximum atomic E-state index is 2.35. The fourth-order valence-electron chi connectivity index (χ4n) is 2.42. The highest BCUT2D eigenvalue weighted by Crippen LogP contribution is 2.11. The lowest BCUT2D eigenvalue weighted by Gasteiger charge is -2.30. The van der Waals surface area contributed by atoms with E-state index in [-0.39, 0.29) is 0 Å². The molecule has 1 aromatic carbocycles. The molecule has 0 aliphatic carbocycles. The lowest BCUT2D eigenvalue weighted by molar-refractivity contribution is 0.109. The molecule has 0 saturated heterocycles. The topological polar surface area (TPSA) is 9.72 Å². The molecular weight excluding hydrogens is 222 g/mol. The van der Waals surface area contributed by atoms with Crippen LogP contribution < -0.4 is 0 Å². The summed E-state index contributed by atoms with van der Waals surface area (Å²) in [5.74, 6) is 0. The Morgan fingerprint density at radius 2 is 1.22 bits per heavy atom. The highest BCUT2D eigenvalue weighted by atomic mass is 15.4. The van der Waals surface area contributed by atoms with Gasteiger partial charge in [-0.1, -0.05) is 38.1 Å². The minimum atomic E-state index is 1.01. The van der Waals surface area contributed by atoms with Crippen molar-refractivity contribution in [3.8, 4) is 0 Å². The van der Waals surface area contributed by atoms with Crippen LogP contribution in [0, 0.1) is 0 Å². The summed E-state index contributed by atoms with van der Waals surface area (Å²) in [6, 6.07) is 8.90. The van der Waals surface area contributed by atoms with E-state index in [1.165, 1.54) is 11.1 Å². The molecule has 3 nitrogen and oxygen atoms in total. The first kappa shape index (κ1) is 15.2. The molecule has 18 heavy (non-hydrogen) atoms. The molecular formula is C15H27N3. The monoisotopic (exact) mass is 249 g/mol. The number of rotatable bonds is 0. The van der Waals surface area contributed by atoms with Gasteiger partial charge in [0, 0.05) is 13.1 Å². The number of hydrogen-bond acceptors (Lipinski definition) is 3. The highest BCUT2D eigenvalue weighted by molar-refractivity contribution is 5.23. The molecule has 0 N–H and O–H groups in total. The van der Waals surface area contributed by atoms with E-state index in [0.29, 0.717) is 0 Å². The Morgan fingerprint density at radius 1 is 0.778 bits per heavy atom. The van der Waals surface area contributed by atoms with Crippen LogP contribution in [0.1, 0.15) is 25.0 Å². The van der Waals surface area contributed by atoms with Crippen molar-refractivity contribution in [2.75, 3.05) is 34.5 Å². The van der Waals surface area contributed by atoms with Crippen LogP contribution in [0.4, 0.5) is 0 Å². The zero-order valence-corrected chi connectivity index (χ0v) is 12.5. The lowest BCUT2D eigenvalue weighted by Crippen LogP contribution is -2.39. The zero-order valence-electron chi connectivity index (χ0n) is 12.5. The molecule has 0 unspecified atom stereocenters. The largest absolute Gasteiger partial charge is 0.289 e. The molecule has 3 heteroatoms. The summed E-state index contributed by atoms with van der Waals surface area (Å²) in [6.45, 7) is 8.08. The van der Waals surface area contributed by atoms with Crippen molar-refractivity contribution < 1.29 is 0 Å². The van der Waals surface area contributed by atoms with Gasteiger partial charge in [-0.25, -0.2) is 0 Å². The lowest BCUT2D eigenvalue weighted by atomic mass is 10.1. The predicted molar refractivity (Wildman–Crippen MR) is 78.2 cm³/mol. The highest BCUT2D eigenvalue weighted by Gasteiger charge is 2.10. The molecule has 2 rings (SSSR count). The number of nitrogens with zero attached hydrogens (tertiary/aromatic N) is 3. The number of fused-ring (bicyclic) bond motifs is 2. The van der Waals surface area contributed by atoms with Gasteiger partial charge >= 0.3 is 0 Å². The molecule has 102 valence electrons. The van der Waals surface area contributed by atoms with E-state index < -0.39 is 0 Å². The number of hydrogen-bond donors (Lipinski definition) is 0. The van der Waals surface area contributed by atoms with Gasteiger partial charge in [0.05, 0.1) is 13.3 Å². The second-order valence-electron chi connectivity index (χ2n) is 4.99. The summed E-state index contributed by atoms with van der Waals surface area (Å²) >= 11 is 0. The fourth-order valence-corrected chi connectivity index (χ4v) is 2.42. The molecule has 1 heterocycles. The average molecular weight is 249 g/mol. The Kier molecular flexibility index (Phi) is 6.33. The average Bonchev–Trinajstić information content (AvgIpc) is 2.30. The normalized spacial score (nSPS) is 18.9. The molecule has 0 fully saturated rings. The van der Waals surface area contributed by atoms with E-state index >= 15 is 0 Å². The van der Waals surface area contributed by atoms with Crippen LogP contribution in [0.15, 0.2) is 24.3 Å². The van der Waals surface area contributed by atoms with Gasteiger partial charge in [0.25, 0.3) is 0 Å². The summed E-state index contributed by atoms with van der Waals surface area (Å²) in [5, 5.41) is 0. The summed E-state index contributed by atoms with van der Waals surface area (Å²) in [7, 11) is 6.51. The van der Waals surface area contributed by atoms with E-state index in [9.17, 15) is 0 Å². The van der Waals surface area contributed by atoms with E-state index in [0.717, 1.165) is 26.4 Å². The Hall–Kier alpha value is -0.900. The molecule has 0 spiro atoms. The minimum absolute atomic E-state index is 1.01. The van der Waals surface area contributed by atoms with Crippen LogP contribution in [0.25, 0.3) is 0 Å². The Bertz CT molecular complexity index is 322. The van der Waals surface area contributed by atoms with Crippen LogP contribution in [0.5, 0.6) is 0 Å². The molecule has 0 amide bonds. The maximum Gasteiger partial charge on any atom is 0.0515 e. The van der Waals surface area contributed by atoms with Crippen LogP contribution in [0.3, 0.4) is 0 Å². The van der Waals surface area contributed by atoms with E-state index in [2.05, 4.69) is 60.1 Å². The van der Waals surface area contributed by atoms with Crippen molar-refractivity contribution in [2.45, 2.75) is 26.9 Å². The van der Waals surface area contributed by atoms with Gasteiger partial charge in [-0.3, -0.25) is 14.7 Å². The summed E-state index contributed by atoms with van der Waals surface area (Å²) in [6.07, 6.45) is 0. The summed E-state index contributed by atoms with van der Waals surface area (Å²) < 4.78 is 0. The minimum Gasteiger partial charge on any atom is -0.289 e. The Morgan fingerprint density at radius 3 is 1.67 bits per heavy atom. The first-order valence-corrected chi connectivity index (χ1v) is 6.77. The SMILES string of the molecule is CC.CN1Cc2cccc(c2)CN(C)CN(C)C1. The van der Waals surface area contributed by atoms with Crippen molar-refractivity contribution in [3.05, 3.63) is 35.4 Å². The van der Waals surface area contributed by atoms with E-state index in [1.807, 2.05) is 13.8 Å². The predicted octanol–water partition coefficient (Wildman–Crippen LogP) is 2.44. The maximum absolute atomic E-state index is 2.35. The Labute approximate surface area is 112 Å². The zero-order chi connectivity index (χ0) is 13.5. The van der Waals surface area contributed by atoms with Crippen LogP contribution in [0.2, 0.25) is 0 Å². The summed E-state index contributed by atoms with van der Waals surface area (Å²) in [5.41, 5.74) is 2.81. The molecule has 0 atom stereocenters. The summed E-state index contributed by atoms with van der Waals surface area (Å²) in [4.78, 5) is 7.03. The third kappa shape index (κ3) is 4.77. The van der Waals surface area contributed by atoms with Crippen molar-refractivity contribution >= 4 is 0 Å². The molecule has 1 aromatic rings. The molecule has 0 aromatic heterocycles. The van der Waals surface area contributed by atoms with E-state index in [4.69, 9.17) is 0 Å². The molecule has 1 aliphatic rings. The van der Waals surface area contributed by atoms with Crippen LogP contribution >= 0.6 is 0 Å². The molecule has 1 aliphatic heterocycles. The van der Waals surface area contributed by atoms with Crippen LogP contribution in [-0.2, 0) is 13.1 Å². The number of benzene rings is 1. The van der Waals surface area contributed by atoms with Gasteiger partial charge in [0.1, 0.15) is 0 Å². The first-order chi connectivity index (χ1) is 8.63. The van der Waals surface area contributed by atoms with Crippen molar-refractivity contribution in [1.82, 2.24) is 14.7 Å². The van der Waals surface area contributed by atoms with Gasteiger partial charge in [0.15, 0.2) is 0 Å². The van der Waals surface area contributed by atoms with Gasteiger partial charge in [-0.2, -0.15) is 0 Å². The molecule has 0 saturated carbocycles. The third-order valence-electron chi connectivity index (χ3n) is 2.86.